The van der Waals surface area contributed by atoms with Gasteiger partial charge in [0.05, 0.1) is 117 Å². The molecule has 3 spiro atoms. The van der Waals surface area contributed by atoms with Gasteiger partial charge in [-0.05, 0) is 221 Å². The zero-order valence-electron chi connectivity index (χ0n) is 65.3. The Morgan fingerprint density at radius 2 is 0.779 bits per heavy atom. The number of aromatic carboxylic acids is 1. The van der Waals surface area contributed by atoms with E-state index in [1.165, 1.54) is 37.3 Å². The van der Waals surface area contributed by atoms with E-state index in [9.17, 15) is 33.9 Å². The third-order valence-electron chi connectivity index (χ3n) is 23.7. The van der Waals surface area contributed by atoms with Crippen LogP contribution in [0.2, 0.25) is 30.1 Å². The average molecular weight is 1760 g/mol. The Bertz CT molecular complexity index is 6200. The number of hydrogen-bond acceptors (Lipinski definition) is 19. The Kier molecular flexibility index (Phi) is 21.9. The van der Waals surface area contributed by atoms with E-state index in [2.05, 4.69) is 25.5 Å². The summed E-state index contributed by atoms with van der Waals surface area (Å²) in [6.07, 6.45) is 10.9. The van der Waals surface area contributed by atoms with Gasteiger partial charge in [-0.25, -0.2) is 14.4 Å². The van der Waals surface area contributed by atoms with Crippen LogP contribution < -0.4 is 34.8 Å². The van der Waals surface area contributed by atoms with Crippen molar-refractivity contribution in [3.8, 4) is 51.0 Å². The number of amides is 3. The van der Waals surface area contributed by atoms with Gasteiger partial charge in [-0.3, -0.25) is 24.2 Å². The first kappa shape index (κ1) is 81.6. The van der Waals surface area contributed by atoms with Gasteiger partial charge in [0, 0.05) is 40.1 Å². The molecule has 21 rings (SSSR count). The molecule has 0 saturated heterocycles. The largest absolute Gasteiger partial charge is 0.489 e. The molecule has 0 unspecified atom stereocenters. The van der Waals surface area contributed by atoms with Crippen LogP contribution in [0.15, 0.2) is 196 Å². The number of hydrogen-bond donors (Lipinski definition) is 4. The number of aromatic nitrogens is 3. The maximum Gasteiger partial charge on any atom is 0.489 e. The lowest BCUT2D eigenvalue weighted by Crippen LogP contribution is -2.34. The number of para-hydroxylation sites is 2. The van der Waals surface area contributed by atoms with Gasteiger partial charge in [-0.15, -0.1) is 0 Å². The summed E-state index contributed by atoms with van der Waals surface area (Å²) in [7, 11) is 0.915. The minimum atomic E-state index is -1.66. The molecule has 0 radical (unpaired) electrons. The van der Waals surface area contributed by atoms with Crippen LogP contribution in [0.4, 0.5) is 28.4 Å². The second-order valence-electron chi connectivity index (χ2n) is 31.4. The van der Waals surface area contributed by atoms with Gasteiger partial charge >= 0.3 is 25.0 Å². The molecule has 12 aromatic rings. The number of anilines is 5. The molecule has 4 N–H and O–H groups in total. The van der Waals surface area contributed by atoms with Crippen LogP contribution in [-0.4, -0.2) is 87.6 Å². The number of carbonyl (C=O) groups excluding carboxylic acids is 5. The summed E-state index contributed by atoms with van der Waals surface area (Å²) in [5.74, 6) is 3.14. The first-order valence-corrected chi connectivity index (χ1v) is 42.0. The van der Waals surface area contributed by atoms with Gasteiger partial charge < -0.3 is 57.7 Å². The third kappa shape index (κ3) is 15.1. The Labute approximate surface area is 728 Å². The van der Waals surface area contributed by atoms with E-state index in [1.807, 2.05) is 54.6 Å². The lowest BCUT2D eigenvalue weighted by Gasteiger charge is -2.20. The molecule has 6 aliphatic carbocycles. The minimum Gasteiger partial charge on any atom is -0.489 e. The molecule has 3 aliphatic heterocycles. The molecule has 9 aromatic carbocycles. The van der Waals surface area contributed by atoms with Gasteiger partial charge in [0.25, 0.3) is 0 Å². The van der Waals surface area contributed by atoms with E-state index in [0.29, 0.717) is 135 Å². The molecule has 618 valence electrons. The number of rotatable bonds is 21. The maximum atomic E-state index is 13.7. The Hall–Kier alpha value is -11.4. The number of carboxylic acids is 1. The zero-order chi connectivity index (χ0) is 84.8. The molecule has 3 aromatic heterocycles. The van der Waals surface area contributed by atoms with Crippen molar-refractivity contribution in [2.24, 2.45) is 0 Å². The van der Waals surface area contributed by atoms with Crippen molar-refractivity contribution in [1.82, 2.24) is 15.5 Å². The predicted molar refractivity (Wildman–Crippen MR) is 459 cm³/mol. The monoisotopic (exact) mass is 1750 g/mol. The number of esters is 2. The van der Waals surface area contributed by atoms with Crippen molar-refractivity contribution in [2.75, 3.05) is 29.3 Å². The molecule has 3 amide bonds. The topological polar surface area (TPSA) is 306 Å². The van der Waals surface area contributed by atoms with Gasteiger partial charge in [0.1, 0.15) is 71.4 Å². The number of fused-ring (bicyclic) bond motifs is 6. The number of nitrogens with one attached hydrogen (secondary N) is 1. The Morgan fingerprint density at radius 1 is 0.434 bits per heavy atom. The summed E-state index contributed by atoms with van der Waals surface area (Å²) < 4.78 is 45.4. The molecule has 0 bridgehead atoms. The zero-order valence-corrected chi connectivity index (χ0v) is 69.8. The number of carbonyl (C=O) groups is 6. The highest BCUT2D eigenvalue weighted by atomic mass is 35.5. The van der Waals surface area contributed by atoms with Crippen molar-refractivity contribution in [3.05, 3.63) is 279 Å². The lowest BCUT2D eigenvalue weighted by atomic mass is 9.77. The third-order valence-corrected chi connectivity index (χ3v) is 25.6. The molecular formula is C92H73BCl6N6O17. The predicted octanol–water partition coefficient (Wildman–Crippen LogP) is 20.4. The second kappa shape index (κ2) is 32.7. The molecular weight excluding hydrogens is 1680 g/mol. The average Bonchev–Trinajstić information content (AvgIpc) is 1.54. The van der Waals surface area contributed by atoms with E-state index in [1.54, 1.807) is 114 Å². The molecule has 122 heavy (non-hydrogen) atoms. The van der Waals surface area contributed by atoms with Gasteiger partial charge in [-0.2, -0.15) is 0 Å². The van der Waals surface area contributed by atoms with Crippen molar-refractivity contribution < 1.29 is 81.2 Å². The van der Waals surface area contributed by atoms with E-state index < -0.39 is 35.9 Å². The number of ether oxygens (including phenoxy) is 5. The molecule has 6 fully saturated rings. The molecule has 30 heteroatoms. The van der Waals surface area contributed by atoms with E-state index >= 15 is 0 Å². The van der Waals surface area contributed by atoms with E-state index in [4.69, 9.17) is 112 Å². The first-order valence-electron chi connectivity index (χ1n) is 39.7. The number of nitrogens with zero attached hydrogens (tertiary/aromatic N) is 5. The van der Waals surface area contributed by atoms with Crippen LogP contribution in [0.25, 0.3) is 33.8 Å². The summed E-state index contributed by atoms with van der Waals surface area (Å²) in [6.45, 7) is 0.692. The van der Waals surface area contributed by atoms with E-state index in [-0.39, 0.29) is 52.9 Å². The van der Waals surface area contributed by atoms with Gasteiger partial charge in [0.2, 0.25) is 17.7 Å². The van der Waals surface area contributed by atoms with Crippen molar-refractivity contribution in [1.29, 1.82) is 0 Å². The molecule has 0 atom stereocenters. The molecule has 9 aliphatic rings. The van der Waals surface area contributed by atoms with Crippen molar-refractivity contribution in [2.45, 2.75) is 131 Å². The smallest absolute Gasteiger partial charge is 0.489 e. The van der Waals surface area contributed by atoms with Crippen LogP contribution in [0.3, 0.4) is 0 Å². The quantitative estimate of drug-likeness (QED) is 0.0384. The van der Waals surface area contributed by atoms with Crippen LogP contribution in [-0.2, 0) is 59.9 Å². The Morgan fingerprint density at radius 3 is 1.15 bits per heavy atom. The number of methoxy groups -OCH3 is 2. The minimum absolute atomic E-state index is 0.0401. The van der Waals surface area contributed by atoms with Gasteiger partial charge in [-0.1, -0.05) is 146 Å². The number of benzene rings is 9. The Balaban J connectivity index is 0.000000117. The normalized spacial score (nSPS) is 16.5. The van der Waals surface area contributed by atoms with Crippen LogP contribution in [0.5, 0.6) is 17.2 Å². The molecule has 6 saturated carbocycles. The SMILES string of the molecule is COC(=O)c1ccccc1B(O)O.COC(=O)c1ccccc1N1C(=O)C2(CC2)c2cc(OCc3c(-c4c(Cl)cccc4Cl)noc3C3CC3)ccc21.O=C(O)c1ccccc1N1C(=O)C2(CC2)c2cc(OCc3c(-c4c(Cl)cccc4Cl)noc3C3CC3)ccc21.O=C1Nc2ccc(OCc3c(-c4c(Cl)cccc4Cl)noc3C3CC3)cc2C12CC2. The maximum absolute atomic E-state index is 13.7. The summed E-state index contributed by atoms with van der Waals surface area (Å²) in [5.41, 5.74) is 11.3. The number of halogens is 6. The van der Waals surface area contributed by atoms with Gasteiger partial charge in [0.15, 0.2) is 0 Å². The highest BCUT2D eigenvalue weighted by molar-refractivity contribution is 6.60. The van der Waals surface area contributed by atoms with Crippen LogP contribution >= 0.6 is 69.6 Å². The number of carboxylic acid groups (broad SMARTS) is 1. The highest BCUT2D eigenvalue weighted by Crippen LogP contribution is 2.63. The summed E-state index contributed by atoms with van der Waals surface area (Å²) in [5, 5.41) is 46.5. The second-order valence-corrected chi connectivity index (χ2v) is 33.9. The fourth-order valence-electron chi connectivity index (χ4n) is 16.5. The summed E-state index contributed by atoms with van der Waals surface area (Å²) in [4.78, 5) is 78.3. The first-order chi connectivity index (χ1) is 59.0. The standard InChI is InChI=1S/C31H24Cl2N2O5.C30H22Cl2N2O5.C23H18Cl2N2O3.C8H9BO4/c1-38-29(36)19-5-2-3-8-24(19)35-25-12-11-18(15-21(25)31(13-14-31)30(35)37)39-16-20-27(34-40-28(20)17-9-10-17)26-22(32)6-4-7-23(26)33;31-21-5-3-6-22(32)25(21)26-19(27(39-33-26)16-8-9-16)15-38-17-10-11-24-20(14-17)30(12-13-30)29(37)34(24)23-7-2-1-4-18(23)28(35)36;24-16-2-1-3-17(25)19(16)20-14(21(30-27-20)12-4-5-12)11-29-13-6-7-18-15(10-13)23(8-9-23)22(28)26-18;1-13-8(10)6-4-2-3-5-7(6)9(11)12/h2-8,11-12,15,17H,9-10,13-14,16H2,1H3;1-7,10-11,14,16H,8-9,12-13,15H2,(H,35,36);1-3,6-7,10,12H,4-5,8-9,11H2,(H,26,28);2-5,11-12H,1H3. The van der Waals surface area contributed by atoms with Crippen molar-refractivity contribution >= 4 is 146 Å². The fourth-order valence-corrected chi connectivity index (χ4v) is 18.2. The molecule has 6 heterocycles. The van der Waals surface area contributed by atoms with Crippen LogP contribution in [0.1, 0.15) is 177 Å². The molecule has 23 nitrogen and oxygen atoms in total. The lowest BCUT2D eigenvalue weighted by molar-refractivity contribution is -0.120. The van der Waals surface area contributed by atoms with E-state index in [0.717, 1.165) is 132 Å². The van der Waals surface area contributed by atoms with Crippen molar-refractivity contribution in [3.63, 3.8) is 0 Å². The van der Waals surface area contributed by atoms with Crippen LogP contribution in [0, 0.1) is 0 Å². The highest BCUT2D eigenvalue weighted by Gasteiger charge is 2.62. The summed E-state index contributed by atoms with van der Waals surface area (Å²) in [6, 6.07) is 52.7. The summed E-state index contributed by atoms with van der Waals surface area (Å²) >= 11 is 38.8. The fraction of sp³-hybridized carbons (Fsp3) is 0.250.